The first-order valence-electron chi connectivity index (χ1n) is 12.6. The van der Waals surface area contributed by atoms with Crippen molar-refractivity contribution < 1.29 is 29.2 Å². The van der Waals surface area contributed by atoms with Gasteiger partial charge in [-0.05, 0) is 23.6 Å². The Morgan fingerprint density at radius 3 is 1.13 bits per heavy atom. The van der Waals surface area contributed by atoms with E-state index in [0.717, 1.165) is 0 Å². The summed E-state index contributed by atoms with van der Waals surface area (Å²) in [5, 5.41) is 26.3. The van der Waals surface area contributed by atoms with E-state index in [0.29, 0.717) is 80.6 Å². The molecule has 0 radical (unpaired) electrons. The highest BCUT2D eigenvalue weighted by Crippen LogP contribution is 2.53. The summed E-state index contributed by atoms with van der Waals surface area (Å²) < 4.78 is 22.9. The number of methoxy groups -OCH3 is 4. The number of rotatable bonds is 8. The van der Waals surface area contributed by atoms with Crippen molar-refractivity contribution in [2.75, 3.05) is 28.4 Å². The SMILES string of the molecule is CCCc1c(O)c(=O)c2c(OC)cc(OC)c3c4c(OC)cc(OC)c5c(=O)c(O)c(CCC)c(c1c23)c54. The van der Waals surface area contributed by atoms with Crippen molar-refractivity contribution in [1.29, 1.82) is 0 Å². The number of phenolic OH excluding ortho intramolecular Hbond substituents is 2. The highest BCUT2D eigenvalue weighted by molar-refractivity contribution is 6.38. The van der Waals surface area contributed by atoms with Gasteiger partial charge in [0.15, 0.2) is 11.5 Å². The molecule has 2 N–H and O–H groups in total. The zero-order valence-corrected chi connectivity index (χ0v) is 22.3. The van der Waals surface area contributed by atoms with Crippen LogP contribution in [0.5, 0.6) is 34.5 Å². The Labute approximate surface area is 218 Å². The lowest BCUT2D eigenvalue weighted by Gasteiger charge is -2.24. The van der Waals surface area contributed by atoms with Gasteiger partial charge < -0.3 is 29.2 Å². The Hall–Kier alpha value is -4.20. The van der Waals surface area contributed by atoms with Crippen LogP contribution >= 0.6 is 0 Å². The summed E-state index contributed by atoms with van der Waals surface area (Å²) in [7, 11) is 5.94. The Morgan fingerprint density at radius 1 is 0.526 bits per heavy atom. The maximum Gasteiger partial charge on any atom is 0.231 e. The van der Waals surface area contributed by atoms with Gasteiger partial charge in [-0.15, -0.1) is 0 Å². The van der Waals surface area contributed by atoms with Crippen molar-refractivity contribution in [3.05, 3.63) is 43.7 Å². The van der Waals surface area contributed by atoms with Crippen LogP contribution in [0.15, 0.2) is 21.7 Å². The topological polar surface area (TPSA) is 112 Å². The van der Waals surface area contributed by atoms with E-state index < -0.39 is 10.9 Å². The summed E-state index contributed by atoms with van der Waals surface area (Å²) in [4.78, 5) is 27.3. The summed E-state index contributed by atoms with van der Waals surface area (Å²) in [6.07, 6.45) is 2.09. The third-order valence-electron chi connectivity index (χ3n) is 7.45. The summed E-state index contributed by atoms with van der Waals surface area (Å²) in [6, 6.07) is 3.21. The van der Waals surface area contributed by atoms with Crippen LogP contribution in [-0.2, 0) is 12.8 Å². The number of phenols is 2. The standard InChI is InChI=1S/C30H30O8/c1-7-9-13-19-20-14(10-8-2)28(32)30(34)24-18(38-6)12-16(36-4)22(26(20)24)21-15(35-3)11-17(37-5)23(25(19)21)29(33)27(13)31/h11-12,31-32H,7-10H2,1-6H3. The van der Waals surface area contributed by atoms with Crippen molar-refractivity contribution in [1.82, 2.24) is 0 Å². The van der Waals surface area contributed by atoms with Crippen LogP contribution < -0.4 is 29.8 Å². The minimum absolute atomic E-state index is 0.195. The van der Waals surface area contributed by atoms with E-state index in [1.807, 2.05) is 13.8 Å². The van der Waals surface area contributed by atoms with E-state index in [1.54, 1.807) is 12.1 Å². The smallest absolute Gasteiger partial charge is 0.231 e. The molecule has 8 heteroatoms. The molecule has 5 aromatic rings. The number of ether oxygens (including phenoxy) is 4. The van der Waals surface area contributed by atoms with Gasteiger partial charge in [0.1, 0.15) is 23.0 Å². The monoisotopic (exact) mass is 518 g/mol. The molecule has 0 amide bonds. The molecule has 0 unspecified atom stereocenters. The molecule has 0 aliphatic heterocycles. The third kappa shape index (κ3) is 3.15. The van der Waals surface area contributed by atoms with Crippen LogP contribution in [0.2, 0.25) is 0 Å². The fourth-order valence-electron chi connectivity index (χ4n) is 5.95. The number of aryl methyl sites for hydroxylation is 2. The minimum Gasteiger partial charge on any atom is -0.504 e. The fraction of sp³-hybridized carbons (Fsp3) is 0.333. The molecule has 0 atom stereocenters. The maximum absolute atomic E-state index is 13.7. The van der Waals surface area contributed by atoms with Crippen molar-refractivity contribution in [3.8, 4) is 34.5 Å². The molecule has 0 heterocycles. The van der Waals surface area contributed by atoms with Gasteiger partial charge in [-0.2, -0.15) is 0 Å². The number of benzene rings is 5. The Bertz CT molecular complexity index is 1710. The summed E-state index contributed by atoms with van der Waals surface area (Å²) in [5.74, 6) is 0.581. The average molecular weight is 519 g/mol. The average Bonchev–Trinajstić information content (AvgIpc) is 2.93. The predicted octanol–water partition coefficient (Wildman–Crippen LogP) is 5.25. The number of fused-ring (bicyclic) bond motifs is 2. The third-order valence-corrected chi connectivity index (χ3v) is 7.45. The lowest BCUT2D eigenvalue weighted by Crippen LogP contribution is -2.12. The van der Waals surface area contributed by atoms with E-state index in [-0.39, 0.29) is 33.8 Å². The predicted molar refractivity (Wildman–Crippen MR) is 149 cm³/mol. The second-order valence-electron chi connectivity index (χ2n) is 9.37. The lowest BCUT2D eigenvalue weighted by molar-refractivity contribution is 0.398. The summed E-state index contributed by atoms with van der Waals surface area (Å²) >= 11 is 0. The highest BCUT2D eigenvalue weighted by atomic mass is 16.5. The molecular formula is C30H30O8. The second-order valence-corrected chi connectivity index (χ2v) is 9.37. The van der Waals surface area contributed by atoms with E-state index in [1.165, 1.54) is 28.4 Å². The Morgan fingerprint density at radius 2 is 0.842 bits per heavy atom. The highest BCUT2D eigenvalue weighted by Gasteiger charge is 2.31. The number of aromatic hydroxyl groups is 2. The first-order valence-corrected chi connectivity index (χ1v) is 12.6. The molecule has 0 aliphatic carbocycles. The van der Waals surface area contributed by atoms with Crippen LogP contribution in [0.4, 0.5) is 0 Å². The molecule has 0 saturated carbocycles. The minimum atomic E-state index is -0.554. The van der Waals surface area contributed by atoms with Crippen molar-refractivity contribution in [2.24, 2.45) is 0 Å². The number of hydrogen-bond acceptors (Lipinski definition) is 8. The molecule has 0 aromatic heterocycles. The molecule has 0 fully saturated rings. The van der Waals surface area contributed by atoms with Gasteiger partial charge in [-0.1, -0.05) is 26.7 Å². The second kappa shape index (κ2) is 9.28. The van der Waals surface area contributed by atoms with Gasteiger partial charge in [0.05, 0.1) is 39.2 Å². The Kier molecular flexibility index (Phi) is 6.21. The van der Waals surface area contributed by atoms with Crippen LogP contribution in [0.25, 0.3) is 43.1 Å². The largest absolute Gasteiger partial charge is 0.504 e. The van der Waals surface area contributed by atoms with E-state index in [9.17, 15) is 19.8 Å². The Balaban J connectivity index is 2.38. The molecule has 5 rings (SSSR count). The summed E-state index contributed by atoms with van der Waals surface area (Å²) in [5.41, 5.74) is -0.208. The first kappa shape index (κ1) is 25.4. The molecule has 198 valence electrons. The number of hydrogen-bond donors (Lipinski definition) is 2. The zero-order chi connectivity index (χ0) is 27.5. The molecule has 0 saturated heterocycles. The molecule has 0 bridgehead atoms. The van der Waals surface area contributed by atoms with Crippen molar-refractivity contribution in [3.63, 3.8) is 0 Å². The molecule has 8 nitrogen and oxygen atoms in total. The normalized spacial score (nSPS) is 11.7. The molecule has 38 heavy (non-hydrogen) atoms. The molecule has 5 aromatic carbocycles. The van der Waals surface area contributed by atoms with Crippen molar-refractivity contribution >= 4 is 43.1 Å². The van der Waals surface area contributed by atoms with Crippen LogP contribution in [-0.4, -0.2) is 38.7 Å². The van der Waals surface area contributed by atoms with Gasteiger partial charge in [0, 0.05) is 44.8 Å². The van der Waals surface area contributed by atoms with Gasteiger partial charge in [0.2, 0.25) is 10.9 Å². The van der Waals surface area contributed by atoms with Gasteiger partial charge in [-0.3, -0.25) is 9.59 Å². The zero-order valence-electron chi connectivity index (χ0n) is 22.3. The fourth-order valence-corrected chi connectivity index (χ4v) is 5.95. The van der Waals surface area contributed by atoms with E-state index in [2.05, 4.69) is 0 Å². The van der Waals surface area contributed by atoms with Crippen LogP contribution in [0.3, 0.4) is 0 Å². The molecule has 0 aliphatic rings. The van der Waals surface area contributed by atoms with E-state index in [4.69, 9.17) is 18.9 Å². The molecular weight excluding hydrogens is 488 g/mol. The van der Waals surface area contributed by atoms with Crippen molar-refractivity contribution in [2.45, 2.75) is 39.5 Å². The summed E-state index contributed by atoms with van der Waals surface area (Å²) in [6.45, 7) is 3.91. The van der Waals surface area contributed by atoms with Gasteiger partial charge in [0.25, 0.3) is 0 Å². The van der Waals surface area contributed by atoms with Gasteiger partial charge >= 0.3 is 0 Å². The van der Waals surface area contributed by atoms with Crippen LogP contribution in [0, 0.1) is 0 Å². The van der Waals surface area contributed by atoms with Gasteiger partial charge in [-0.25, -0.2) is 0 Å². The quantitative estimate of drug-likeness (QED) is 0.212. The molecule has 0 spiro atoms. The first-order chi connectivity index (χ1) is 18.3. The maximum atomic E-state index is 13.7. The lowest BCUT2D eigenvalue weighted by atomic mass is 9.82. The van der Waals surface area contributed by atoms with E-state index >= 15 is 0 Å². The van der Waals surface area contributed by atoms with Crippen LogP contribution in [0.1, 0.15) is 37.8 Å².